The molecule has 1 saturated heterocycles. The summed E-state index contributed by atoms with van der Waals surface area (Å²) in [4.78, 5) is 0. The lowest BCUT2D eigenvalue weighted by atomic mass is 9.60. The molecule has 3 saturated carbocycles. The molecule has 1 aliphatic heterocycles. The van der Waals surface area contributed by atoms with E-state index in [0.717, 1.165) is 30.3 Å². The normalized spacial score (nSPS) is 35.2. The molecular formula is C39H70O4Si2. The molecule has 4 nitrogen and oxygen atoms in total. The summed E-state index contributed by atoms with van der Waals surface area (Å²) in [6.45, 7) is 36.9. The van der Waals surface area contributed by atoms with Crippen molar-refractivity contribution in [1.29, 1.82) is 0 Å². The van der Waals surface area contributed by atoms with Crippen LogP contribution in [0.5, 0.6) is 0 Å². The molecule has 7 atom stereocenters. The van der Waals surface area contributed by atoms with Gasteiger partial charge in [0.1, 0.15) is 12.2 Å². The van der Waals surface area contributed by atoms with Crippen molar-refractivity contribution in [2.45, 2.75) is 188 Å². The van der Waals surface area contributed by atoms with Crippen LogP contribution < -0.4 is 0 Å². The van der Waals surface area contributed by atoms with Crippen molar-refractivity contribution in [3.05, 3.63) is 35.5 Å². The van der Waals surface area contributed by atoms with E-state index in [9.17, 15) is 0 Å². The zero-order valence-corrected chi connectivity index (χ0v) is 33.8. The van der Waals surface area contributed by atoms with Gasteiger partial charge in [0, 0.05) is 6.42 Å². The SMILES string of the molecule is C=C1/C(=C\C=C2/CCC[C@]3(C)[C@@H]([C@H](C)CCCC(C)(C)O[Si](C)(C)C)CC[C@@H]23)C[C@@H](O[Si](C)(C)C(C)(C)C)[C@H]2OC(C)(C)O[C@H]12. The smallest absolute Gasteiger partial charge is 0.192 e. The molecule has 0 aromatic heterocycles. The van der Waals surface area contributed by atoms with Crippen LogP contribution in [-0.4, -0.2) is 46.3 Å². The minimum atomic E-state index is -2.00. The quantitative estimate of drug-likeness (QED) is 0.219. The third-order valence-corrected chi connectivity index (χ3v) is 17.8. The Hall–Kier alpha value is -0.506. The van der Waals surface area contributed by atoms with Crippen LogP contribution in [0.15, 0.2) is 35.5 Å². The van der Waals surface area contributed by atoms with Crippen molar-refractivity contribution in [3.63, 3.8) is 0 Å². The molecule has 0 aromatic carbocycles. The summed E-state index contributed by atoms with van der Waals surface area (Å²) in [5, 5.41) is 0.137. The van der Waals surface area contributed by atoms with Crippen molar-refractivity contribution < 1.29 is 18.3 Å². The lowest BCUT2D eigenvalue weighted by Crippen LogP contribution is -2.51. The monoisotopic (exact) mass is 658 g/mol. The highest BCUT2D eigenvalue weighted by Crippen LogP contribution is 2.60. The van der Waals surface area contributed by atoms with E-state index in [1.165, 1.54) is 50.5 Å². The zero-order valence-electron chi connectivity index (χ0n) is 31.8. The first-order valence-electron chi connectivity index (χ1n) is 18.3. The van der Waals surface area contributed by atoms with Crippen LogP contribution in [0.1, 0.15) is 120 Å². The summed E-state index contributed by atoms with van der Waals surface area (Å²) < 4.78 is 26.5. The van der Waals surface area contributed by atoms with Crippen molar-refractivity contribution in [3.8, 4) is 0 Å². The number of hydrogen-bond acceptors (Lipinski definition) is 4. The number of rotatable bonds is 10. The van der Waals surface area contributed by atoms with E-state index in [-0.39, 0.29) is 29.0 Å². The van der Waals surface area contributed by atoms with Crippen molar-refractivity contribution in [2.24, 2.45) is 23.2 Å². The third kappa shape index (κ3) is 8.57. The van der Waals surface area contributed by atoms with Gasteiger partial charge in [0.15, 0.2) is 22.4 Å². The molecule has 258 valence electrons. The highest BCUT2D eigenvalue weighted by atomic mass is 28.4. The van der Waals surface area contributed by atoms with Crippen LogP contribution in [0.25, 0.3) is 0 Å². The van der Waals surface area contributed by atoms with Gasteiger partial charge in [-0.1, -0.05) is 71.8 Å². The maximum atomic E-state index is 7.05. The fourth-order valence-electron chi connectivity index (χ4n) is 9.17. The average Bonchev–Trinajstić information content (AvgIpc) is 3.39. The van der Waals surface area contributed by atoms with Crippen LogP contribution in [0.4, 0.5) is 0 Å². The number of fused-ring (bicyclic) bond motifs is 2. The number of ether oxygens (including phenoxy) is 2. The molecule has 4 aliphatic rings. The zero-order chi connectivity index (χ0) is 33.8. The molecule has 3 aliphatic carbocycles. The molecular weight excluding hydrogens is 589 g/mol. The average molecular weight is 659 g/mol. The van der Waals surface area contributed by atoms with Crippen LogP contribution in [0.3, 0.4) is 0 Å². The molecule has 45 heavy (non-hydrogen) atoms. The Morgan fingerprint density at radius 1 is 1.00 bits per heavy atom. The molecule has 0 N–H and O–H groups in total. The Morgan fingerprint density at radius 2 is 1.67 bits per heavy atom. The molecule has 0 bridgehead atoms. The highest BCUT2D eigenvalue weighted by molar-refractivity contribution is 6.74. The third-order valence-electron chi connectivity index (χ3n) is 12.2. The molecule has 6 heteroatoms. The second kappa shape index (κ2) is 13.1. The summed E-state index contributed by atoms with van der Waals surface area (Å²) >= 11 is 0. The van der Waals surface area contributed by atoms with Gasteiger partial charge in [-0.3, -0.25) is 0 Å². The van der Waals surface area contributed by atoms with Crippen LogP contribution in [0, 0.1) is 23.2 Å². The summed E-state index contributed by atoms with van der Waals surface area (Å²) in [6, 6.07) is 0. The van der Waals surface area contributed by atoms with Gasteiger partial charge in [0.25, 0.3) is 0 Å². The standard InChI is InChI=1S/C39H70O4Si2/c1-27(18-16-24-37(6,7)43-44(11,12)13)31-22-23-32-29(19-17-25-39(31,32)10)20-21-30-26-33(42-45(14,15)36(3,4)5)35-34(28(30)2)40-38(8,9)41-35/h20-21,27,31-35H,2,16-19,22-26H2,1,3-15H3/b29-20+,30-21-/t27-,31-,32+,33-,34-,35-,39-/m1/s1. The van der Waals surface area contributed by atoms with E-state index < -0.39 is 22.4 Å². The Kier molecular flexibility index (Phi) is 10.8. The molecule has 0 aromatic rings. The molecule has 0 radical (unpaired) electrons. The van der Waals surface area contributed by atoms with Crippen LogP contribution >= 0.6 is 0 Å². The van der Waals surface area contributed by atoms with E-state index in [0.29, 0.717) is 11.3 Å². The first kappa shape index (κ1) is 37.3. The number of allylic oxidation sites excluding steroid dienone is 3. The summed E-state index contributed by atoms with van der Waals surface area (Å²) in [7, 11) is -3.53. The van der Waals surface area contributed by atoms with Gasteiger partial charge in [-0.25, -0.2) is 0 Å². The lowest BCUT2D eigenvalue weighted by molar-refractivity contribution is -0.151. The van der Waals surface area contributed by atoms with E-state index in [4.69, 9.17) is 18.3 Å². The van der Waals surface area contributed by atoms with Crippen molar-refractivity contribution in [1.82, 2.24) is 0 Å². The fourth-order valence-corrected chi connectivity index (χ4v) is 12.3. The highest BCUT2D eigenvalue weighted by Gasteiger charge is 2.53. The van der Waals surface area contributed by atoms with E-state index in [1.807, 2.05) is 13.8 Å². The van der Waals surface area contributed by atoms with Gasteiger partial charge in [-0.2, -0.15) is 0 Å². The molecule has 1 heterocycles. The first-order valence-corrected chi connectivity index (χ1v) is 24.6. The van der Waals surface area contributed by atoms with Crippen LogP contribution in [0.2, 0.25) is 37.8 Å². The maximum Gasteiger partial charge on any atom is 0.192 e. The predicted octanol–water partition coefficient (Wildman–Crippen LogP) is 11.4. The Labute approximate surface area is 280 Å². The summed E-state index contributed by atoms with van der Waals surface area (Å²) in [5.41, 5.74) is 4.42. The fraction of sp³-hybridized carbons (Fsp3) is 0.846. The Morgan fingerprint density at radius 3 is 2.29 bits per heavy atom. The largest absolute Gasteiger partial charge is 0.413 e. The van der Waals surface area contributed by atoms with E-state index in [2.05, 4.69) is 99.9 Å². The maximum absolute atomic E-state index is 7.05. The van der Waals surface area contributed by atoms with Crippen LogP contribution in [-0.2, 0) is 18.3 Å². The minimum Gasteiger partial charge on any atom is -0.413 e. The second-order valence-corrected chi connectivity index (χ2v) is 28.2. The Balaban J connectivity index is 1.49. The molecule has 0 unspecified atom stereocenters. The van der Waals surface area contributed by atoms with Gasteiger partial charge < -0.3 is 18.3 Å². The molecule has 0 amide bonds. The van der Waals surface area contributed by atoms with Gasteiger partial charge >= 0.3 is 0 Å². The van der Waals surface area contributed by atoms with E-state index >= 15 is 0 Å². The lowest BCUT2D eigenvalue weighted by Gasteiger charge is -2.45. The van der Waals surface area contributed by atoms with Gasteiger partial charge in [-0.15, -0.1) is 0 Å². The minimum absolute atomic E-state index is 0.0101. The van der Waals surface area contributed by atoms with Gasteiger partial charge in [-0.05, 0) is 138 Å². The summed E-state index contributed by atoms with van der Waals surface area (Å²) in [6.07, 6.45) is 15.8. The van der Waals surface area contributed by atoms with Gasteiger partial charge in [0.2, 0.25) is 0 Å². The van der Waals surface area contributed by atoms with Crippen molar-refractivity contribution in [2.75, 3.05) is 0 Å². The molecule has 4 fully saturated rings. The van der Waals surface area contributed by atoms with E-state index in [1.54, 1.807) is 5.57 Å². The second-order valence-electron chi connectivity index (χ2n) is 19.0. The molecule has 0 spiro atoms. The molecule has 4 rings (SSSR count). The van der Waals surface area contributed by atoms with Gasteiger partial charge in [0.05, 0.1) is 11.7 Å². The topological polar surface area (TPSA) is 36.9 Å². The summed E-state index contributed by atoms with van der Waals surface area (Å²) in [5.74, 6) is 1.63. The van der Waals surface area contributed by atoms with Crippen molar-refractivity contribution >= 4 is 16.6 Å². The predicted molar refractivity (Wildman–Crippen MR) is 196 cm³/mol. The Bertz CT molecular complexity index is 1140. The first-order chi connectivity index (χ1) is 20.4. The number of hydrogen-bond donors (Lipinski definition) is 0.